The number of aromatic amines is 1. The van der Waals surface area contributed by atoms with Gasteiger partial charge in [-0.25, -0.2) is 9.78 Å². The molecule has 4 rings (SSSR count). The standard InChI is InChI=1S/C21H22N4O4/c1-13(26)25-10-2-3-17(12-25)28-15-6-4-14(5-7-15)20-23-18-9-8-16(29-21(22)27)11-19(18)24-20/h4-9,11,17H,2-3,10,12H2,1H3,(H2,22,27)(H,23,24). The van der Waals surface area contributed by atoms with Gasteiger partial charge in [-0.15, -0.1) is 0 Å². The van der Waals surface area contributed by atoms with Crippen LogP contribution in [0.4, 0.5) is 4.79 Å². The Morgan fingerprint density at radius 2 is 1.93 bits per heavy atom. The van der Waals surface area contributed by atoms with Crippen molar-refractivity contribution in [2.24, 2.45) is 5.73 Å². The highest BCUT2D eigenvalue weighted by atomic mass is 16.5. The van der Waals surface area contributed by atoms with Crippen LogP contribution in [0, 0.1) is 0 Å². The fourth-order valence-electron chi connectivity index (χ4n) is 3.51. The van der Waals surface area contributed by atoms with E-state index < -0.39 is 6.09 Å². The third-order valence-electron chi connectivity index (χ3n) is 4.93. The van der Waals surface area contributed by atoms with Crippen LogP contribution in [-0.4, -0.2) is 46.1 Å². The largest absolute Gasteiger partial charge is 0.489 e. The first-order chi connectivity index (χ1) is 14.0. The Labute approximate surface area is 167 Å². The van der Waals surface area contributed by atoms with Crippen LogP contribution in [0.1, 0.15) is 19.8 Å². The number of hydrogen-bond acceptors (Lipinski definition) is 5. The van der Waals surface area contributed by atoms with Crippen molar-refractivity contribution in [1.29, 1.82) is 0 Å². The van der Waals surface area contributed by atoms with Gasteiger partial charge in [0.15, 0.2) is 0 Å². The molecule has 0 spiro atoms. The molecule has 2 amide bonds. The van der Waals surface area contributed by atoms with Gasteiger partial charge in [0.25, 0.3) is 0 Å². The minimum atomic E-state index is -0.861. The van der Waals surface area contributed by atoms with Crippen LogP contribution in [-0.2, 0) is 4.79 Å². The number of nitrogens with two attached hydrogens (primary N) is 1. The number of H-pyrrole nitrogens is 1. The number of amides is 2. The minimum absolute atomic E-state index is 0.00776. The molecule has 0 radical (unpaired) electrons. The summed E-state index contributed by atoms with van der Waals surface area (Å²) in [6.07, 6.45) is 1.03. The molecular weight excluding hydrogens is 372 g/mol. The number of nitrogens with one attached hydrogen (secondary N) is 1. The van der Waals surface area contributed by atoms with Crippen molar-refractivity contribution in [2.45, 2.75) is 25.9 Å². The lowest BCUT2D eigenvalue weighted by Crippen LogP contribution is -2.43. The Balaban J connectivity index is 1.47. The number of imidazole rings is 1. The molecule has 0 aliphatic carbocycles. The highest BCUT2D eigenvalue weighted by molar-refractivity contribution is 5.81. The smallest absolute Gasteiger partial charge is 0.409 e. The van der Waals surface area contributed by atoms with E-state index in [0.29, 0.717) is 23.6 Å². The molecule has 2 heterocycles. The number of primary amides is 1. The van der Waals surface area contributed by atoms with Gasteiger partial charge in [-0.3, -0.25) is 4.79 Å². The van der Waals surface area contributed by atoms with E-state index >= 15 is 0 Å². The molecule has 29 heavy (non-hydrogen) atoms. The maximum Gasteiger partial charge on any atom is 0.409 e. The number of nitrogens with zero attached hydrogens (tertiary/aromatic N) is 2. The number of aromatic nitrogens is 2. The monoisotopic (exact) mass is 394 g/mol. The van der Waals surface area contributed by atoms with Crippen molar-refractivity contribution in [3.05, 3.63) is 42.5 Å². The number of carbonyl (C=O) groups excluding carboxylic acids is 2. The van der Waals surface area contributed by atoms with Gasteiger partial charge in [-0.05, 0) is 49.2 Å². The number of likely N-dealkylation sites (tertiary alicyclic amines) is 1. The fraction of sp³-hybridized carbons (Fsp3) is 0.286. The molecule has 1 aromatic heterocycles. The van der Waals surface area contributed by atoms with E-state index in [1.165, 1.54) is 0 Å². The van der Waals surface area contributed by atoms with Gasteiger partial charge in [0.1, 0.15) is 23.4 Å². The molecular formula is C21H22N4O4. The van der Waals surface area contributed by atoms with Crippen molar-refractivity contribution in [1.82, 2.24) is 14.9 Å². The first-order valence-electron chi connectivity index (χ1n) is 9.47. The molecule has 3 N–H and O–H groups in total. The summed E-state index contributed by atoms with van der Waals surface area (Å²) in [5, 5.41) is 0. The summed E-state index contributed by atoms with van der Waals surface area (Å²) >= 11 is 0. The van der Waals surface area contributed by atoms with E-state index in [4.69, 9.17) is 15.2 Å². The van der Waals surface area contributed by atoms with Crippen LogP contribution in [0.2, 0.25) is 0 Å². The summed E-state index contributed by atoms with van der Waals surface area (Å²) in [7, 11) is 0. The lowest BCUT2D eigenvalue weighted by Gasteiger charge is -2.32. The Morgan fingerprint density at radius 3 is 2.66 bits per heavy atom. The molecule has 1 saturated heterocycles. The SMILES string of the molecule is CC(=O)N1CCCC(Oc2ccc(-c3nc4cc(OC(N)=O)ccc4[nH]3)cc2)C1. The van der Waals surface area contributed by atoms with Gasteiger partial charge >= 0.3 is 6.09 Å². The molecule has 3 aromatic rings. The lowest BCUT2D eigenvalue weighted by atomic mass is 10.1. The van der Waals surface area contributed by atoms with Crippen LogP contribution in [0.15, 0.2) is 42.5 Å². The quantitative estimate of drug-likeness (QED) is 0.706. The summed E-state index contributed by atoms with van der Waals surface area (Å²) in [5.74, 6) is 1.89. The molecule has 1 unspecified atom stereocenters. The Hall–Kier alpha value is -3.55. The predicted octanol–water partition coefficient (Wildman–Crippen LogP) is 3.08. The van der Waals surface area contributed by atoms with E-state index in [1.54, 1.807) is 25.1 Å². The number of carbonyl (C=O) groups is 2. The predicted molar refractivity (Wildman–Crippen MR) is 108 cm³/mol. The first-order valence-corrected chi connectivity index (χ1v) is 9.47. The van der Waals surface area contributed by atoms with Gasteiger partial charge in [0, 0.05) is 25.1 Å². The molecule has 0 bridgehead atoms. The fourth-order valence-corrected chi connectivity index (χ4v) is 3.51. The van der Waals surface area contributed by atoms with Crippen LogP contribution in [0.5, 0.6) is 11.5 Å². The topological polar surface area (TPSA) is 111 Å². The second-order valence-electron chi connectivity index (χ2n) is 7.06. The summed E-state index contributed by atoms with van der Waals surface area (Å²) in [5.41, 5.74) is 7.45. The minimum Gasteiger partial charge on any atom is -0.489 e. The number of fused-ring (bicyclic) bond motifs is 1. The van der Waals surface area contributed by atoms with Crippen molar-refractivity contribution < 1.29 is 19.1 Å². The zero-order valence-corrected chi connectivity index (χ0v) is 16.1. The molecule has 1 aliphatic heterocycles. The van der Waals surface area contributed by atoms with Gasteiger partial charge in [-0.2, -0.15) is 0 Å². The van der Waals surface area contributed by atoms with E-state index in [9.17, 15) is 9.59 Å². The number of ether oxygens (including phenoxy) is 2. The number of piperidine rings is 1. The maximum absolute atomic E-state index is 11.6. The van der Waals surface area contributed by atoms with Crippen LogP contribution < -0.4 is 15.2 Å². The molecule has 8 nitrogen and oxygen atoms in total. The molecule has 8 heteroatoms. The van der Waals surface area contributed by atoms with Gasteiger partial charge in [0.2, 0.25) is 5.91 Å². The second kappa shape index (κ2) is 7.83. The van der Waals surface area contributed by atoms with Crippen molar-refractivity contribution in [3.63, 3.8) is 0 Å². The third-order valence-corrected chi connectivity index (χ3v) is 4.93. The molecule has 1 atom stereocenters. The summed E-state index contributed by atoms with van der Waals surface area (Å²) in [6, 6.07) is 12.7. The van der Waals surface area contributed by atoms with E-state index in [1.807, 2.05) is 29.2 Å². The van der Waals surface area contributed by atoms with E-state index in [-0.39, 0.29) is 12.0 Å². The van der Waals surface area contributed by atoms with E-state index in [2.05, 4.69) is 9.97 Å². The average Bonchev–Trinajstić information content (AvgIpc) is 3.11. The Morgan fingerprint density at radius 1 is 1.17 bits per heavy atom. The van der Waals surface area contributed by atoms with Crippen molar-refractivity contribution >= 4 is 23.0 Å². The second-order valence-corrected chi connectivity index (χ2v) is 7.06. The molecule has 0 saturated carbocycles. The van der Waals surface area contributed by atoms with Crippen LogP contribution >= 0.6 is 0 Å². The van der Waals surface area contributed by atoms with Crippen molar-refractivity contribution in [3.8, 4) is 22.9 Å². The van der Waals surface area contributed by atoms with Gasteiger partial charge in [0.05, 0.1) is 17.6 Å². The molecule has 1 fully saturated rings. The summed E-state index contributed by atoms with van der Waals surface area (Å²) < 4.78 is 10.9. The Bertz CT molecular complexity index is 1040. The normalized spacial score (nSPS) is 16.6. The summed E-state index contributed by atoms with van der Waals surface area (Å²) in [4.78, 5) is 32.1. The molecule has 150 valence electrons. The van der Waals surface area contributed by atoms with Gasteiger partial charge < -0.3 is 25.1 Å². The number of rotatable bonds is 4. The Kier molecular flexibility index (Phi) is 5.07. The lowest BCUT2D eigenvalue weighted by molar-refractivity contribution is -0.131. The first kappa shape index (κ1) is 18.8. The average molecular weight is 394 g/mol. The van der Waals surface area contributed by atoms with Crippen LogP contribution in [0.25, 0.3) is 22.4 Å². The zero-order chi connectivity index (χ0) is 20.4. The molecule has 2 aromatic carbocycles. The highest BCUT2D eigenvalue weighted by Crippen LogP contribution is 2.26. The van der Waals surface area contributed by atoms with E-state index in [0.717, 1.165) is 36.2 Å². The van der Waals surface area contributed by atoms with Crippen LogP contribution in [0.3, 0.4) is 0 Å². The van der Waals surface area contributed by atoms with Crippen molar-refractivity contribution in [2.75, 3.05) is 13.1 Å². The zero-order valence-electron chi connectivity index (χ0n) is 16.1. The van der Waals surface area contributed by atoms with Gasteiger partial charge in [-0.1, -0.05) is 0 Å². The maximum atomic E-state index is 11.6. The third kappa shape index (κ3) is 4.31. The number of hydrogen-bond donors (Lipinski definition) is 2. The highest BCUT2D eigenvalue weighted by Gasteiger charge is 2.22. The summed E-state index contributed by atoms with van der Waals surface area (Å²) in [6.45, 7) is 3.01. The molecule has 1 aliphatic rings. The number of benzene rings is 2.